The summed E-state index contributed by atoms with van der Waals surface area (Å²) in [7, 11) is 0. The van der Waals surface area contributed by atoms with E-state index in [9.17, 15) is 4.79 Å². The van der Waals surface area contributed by atoms with E-state index in [1.807, 2.05) is 45.9 Å². The second-order valence-corrected chi connectivity index (χ2v) is 5.90. The molecule has 2 aromatic carbocycles. The summed E-state index contributed by atoms with van der Waals surface area (Å²) in [4.78, 5) is 11.9. The van der Waals surface area contributed by atoms with Gasteiger partial charge in [-0.15, -0.1) is 0 Å². The van der Waals surface area contributed by atoms with Crippen LogP contribution >= 0.6 is 0 Å². The van der Waals surface area contributed by atoms with Crippen LogP contribution in [0.25, 0.3) is 10.8 Å². The van der Waals surface area contributed by atoms with Gasteiger partial charge in [0.05, 0.1) is 5.41 Å². The zero-order valence-electron chi connectivity index (χ0n) is 11.9. The Morgan fingerprint density at radius 3 is 2.32 bits per heavy atom. The van der Waals surface area contributed by atoms with Crippen molar-refractivity contribution in [2.75, 3.05) is 0 Å². The minimum atomic E-state index is -0.467. The maximum Gasteiger partial charge on any atom is 0.311 e. The van der Waals surface area contributed by atoms with Gasteiger partial charge < -0.3 is 4.74 Å². The first-order valence-corrected chi connectivity index (χ1v) is 6.58. The Kier molecular flexibility index (Phi) is 3.61. The van der Waals surface area contributed by atoms with Crippen molar-refractivity contribution in [3.63, 3.8) is 0 Å². The molecule has 1 atom stereocenters. The second kappa shape index (κ2) is 5.04. The molecule has 19 heavy (non-hydrogen) atoms. The number of hydrogen-bond donors (Lipinski definition) is 0. The monoisotopic (exact) mass is 256 g/mol. The van der Waals surface area contributed by atoms with Gasteiger partial charge in [-0.2, -0.15) is 0 Å². The molecule has 2 aromatic rings. The normalized spacial score (nSPS) is 13.3. The molecule has 0 unspecified atom stereocenters. The van der Waals surface area contributed by atoms with Crippen LogP contribution in [0.15, 0.2) is 42.5 Å². The summed E-state index contributed by atoms with van der Waals surface area (Å²) in [5.41, 5.74) is 0.557. The van der Waals surface area contributed by atoms with E-state index in [2.05, 4.69) is 24.3 Å². The zero-order valence-corrected chi connectivity index (χ0v) is 11.9. The highest BCUT2D eigenvalue weighted by molar-refractivity contribution is 5.83. The minimum Gasteiger partial charge on any atom is -0.457 e. The summed E-state index contributed by atoms with van der Waals surface area (Å²) < 4.78 is 5.51. The summed E-state index contributed by atoms with van der Waals surface area (Å²) >= 11 is 0. The standard InChI is InChI=1S/C17H20O2/c1-12(19-16(18)17(2,3)4)14-10-9-13-7-5-6-8-15(13)11-14/h5-12H,1-4H3/t12-/m0/s1. The van der Waals surface area contributed by atoms with Gasteiger partial charge in [0.1, 0.15) is 6.10 Å². The molecule has 2 rings (SSSR count). The molecular formula is C17H20O2. The molecule has 2 heteroatoms. The summed E-state index contributed by atoms with van der Waals surface area (Å²) in [6.45, 7) is 7.50. The number of hydrogen-bond acceptors (Lipinski definition) is 2. The van der Waals surface area contributed by atoms with Crippen LogP contribution in [-0.2, 0) is 9.53 Å². The van der Waals surface area contributed by atoms with Crippen molar-refractivity contribution >= 4 is 16.7 Å². The van der Waals surface area contributed by atoms with Gasteiger partial charge in [-0.05, 0) is 50.1 Å². The fraction of sp³-hybridized carbons (Fsp3) is 0.353. The highest BCUT2D eigenvalue weighted by atomic mass is 16.5. The number of benzene rings is 2. The average Bonchev–Trinajstić information content (AvgIpc) is 2.37. The van der Waals surface area contributed by atoms with Gasteiger partial charge in [0.15, 0.2) is 0 Å². The Bertz CT molecular complexity index is 593. The van der Waals surface area contributed by atoms with Gasteiger partial charge in [-0.1, -0.05) is 36.4 Å². The van der Waals surface area contributed by atoms with Crippen LogP contribution in [-0.4, -0.2) is 5.97 Å². The predicted molar refractivity (Wildman–Crippen MR) is 77.9 cm³/mol. The molecule has 0 amide bonds. The lowest BCUT2D eigenvalue weighted by Crippen LogP contribution is -2.24. The molecule has 0 saturated heterocycles. The van der Waals surface area contributed by atoms with Crippen molar-refractivity contribution in [2.24, 2.45) is 5.41 Å². The SMILES string of the molecule is C[C@H](OC(=O)C(C)(C)C)c1ccc2ccccc2c1. The lowest BCUT2D eigenvalue weighted by molar-refractivity contribution is -0.158. The lowest BCUT2D eigenvalue weighted by Gasteiger charge is -2.21. The van der Waals surface area contributed by atoms with Crippen LogP contribution in [0.1, 0.15) is 39.4 Å². The molecule has 0 N–H and O–H groups in total. The van der Waals surface area contributed by atoms with E-state index in [1.54, 1.807) is 0 Å². The maximum atomic E-state index is 11.9. The predicted octanol–water partition coefficient (Wildman–Crippen LogP) is 4.49. The molecule has 100 valence electrons. The van der Waals surface area contributed by atoms with E-state index in [0.717, 1.165) is 5.56 Å². The van der Waals surface area contributed by atoms with Gasteiger partial charge in [-0.25, -0.2) is 0 Å². The molecule has 0 bridgehead atoms. The van der Waals surface area contributed by atoms with Crippen molar-refractivity contribution in [3.8, 4) is 0 Å². The van der Waals surface area contributed by atoms with Gasteiger partial charge >= 0.3 is 5.97 Å². The average molecular weight is 256 g/mol. The molecule has 0 saturated carbocycles. The van der Waals surface area contributed by atoms with E-state index in [4.69, 9.17) is 4.74 Å². The molecule has 2 nitrogen and oxygen atoms in total. The van der Waals surface area contributed by atoms with E-state index in [-0.39, 0.29) is 12.1 Å². The van der Waals surface area contributed by atoms with Crippen LogP contribution in [0.3, 0.4) is 0 Å². The second-order valence-electron chi connectivity index (χ2n) is 5.90. The van der Waals surface area contributed by atoms with Crippen molar-refractivity contribution < 1.29 is 9.53 Å². The summed E-state index contributed by atoms with van der Waals surface area (Å²) in [6, 6.07) is 14.3. The molecule has 0 heterocycles. The first-order valence-electron chi connectivity index (χ1n) is 6.58. The molecular weight excluding hydrogens is 236 g/mol. The van der Waals surface area contributed by atoms with Crippen LogP contribution in [0.2, 0.25) is 0 Å². The third kappa shape index (κ3) is 3.14. The van der Waals surface area contributed by atoms with E-state index >= 15 is 0 Å². The Morgan fingerprint density at radius 2 is 1.68 bits per heavy atom. The van der Waals surface area contributed by atoms with E-state index in [0.29, 0.717) is 0 Å². The zero-order chi connectivity index (χ0) is 14.0. The highest BCUT2D eigenvalue weighted by Crippen LogP contribution is 2.25. The van der Waals surface area contributed by atoms with Gasteiger partial charge in [0.2, 0.25) is 0 Å². The number of carbonyl (C=O) groups is 1. The Morgan fingerprint density at radius 1 is 1.05 bits per heavy atom. The molecule has 0 spiro atoms. The Hall–Kier alpha value is -1.83. The number of rotatable bonds is 2. The fourth-order valence-electron chi connectivity index (χ4n) is 1.87. The molecule has 0 aromatic heterocycles. The third-order valence-corrected chi connectivity index (χ3v) is 3.14. The minimum absolute atomic E-state index is 0.173. The Balaban J connectivity index is 2.22. The summed E-state index contributed by atoms with van der Waals surface area (Å²) in [5, 5.41) is 2.36. The topological polar surface area (TPSA) is 26.3 Å². The molecule has 0 radical (unpaired) electrons. The van der Waals surface area contributed by atoms with Gasteiger partial charge in [0, 0.05) is 0 Å². The molecule has 0 aliphatic carbocycles. The first kappa shape index (κ1) is 13.6. The summed E-state index contributed by atoms with van der Waals surface area (Å²) in [5.74, 6) is -0.173. The smallest absolute Gasteiger partial charge is 0.311 e. The van der Waals surface area contributed by atoms with E-state index in [1.165, 1.54) is 10.8 Å². The van der Waals surface area contributed by atoms with Crippen LogP contribution in [0, 0.1) is 5.41 Å². The van der Waals surface area contributed by atoms with Crippen LogP contribution in [0.4, 0.5) is 0 Å². The molecule has 0 fully saturated rings. The highest BCUT2D eigenvalue weighted by Gasteiger charge is 2.25. The van der Waals surface area contributed by atoms with Crippen molar-refractivity contribution in [1.82, 2.24) is 0 Å². The molecule has 0 aliphatic heterocycles. The number of carbonyl (C=O) groups excluding carboxylic acids is 1. The number of fused-ring (bicyclic) bond motifs is 1. The lowest BCUT2D eigenvalue weighted by atomic mass is 9.97. The number of ether oxygens (including phenoxy) is 1. The van der Waals surface area contributed by atoms with Gasteiger partial charge in [0.25, 0.3) is 0 Å². The van der Waals surface area contributed by atoms with Crippen LogP contribution in [0.5, 0.6) is 0 Å². The maximum absolute atomic E-state index is 11.9. The fourth-order valence-corrected chi connectivity index (χ4v) is 1.87. The number of esters is 1. The Labute approximate surface area is 114 Å². The van der Waals surface area contributed by atoms with Crippen molar-refractivity contribution in [3.05, 3.63) is 48.0 Å². The van der Waals surface area contributed by atoms with Crippen molar-refractivity contribution in [1.29, 1.82) is 0 Å². The molecule has 0 aliphatic rings. The van der Waals surface area contributed by atoms with Crippen molar-refractivity contribution in [2.45, 2.75) is 33.8 Å². The van der Waals surface area contributed by atoms with Crippen LogP contribution < -0.4 is 0 Å². The first-order chi connectivity index (χ1) is 8.88. The van der Waals surface area contributed by atoms with Gasteiger partial charge in [-0.3, -0.25) is 4.79 Å². The largest absolute Gasteiger partial charge is 0.457 e. The quantitative estimate of drug-likeness (QED) is 0.740. The third-order valence-electron chi connectivity index (χ3n) is 3.14. The summed E-state index contributed by atoms with van der Waals surface area (Å²) in [6.07, 6.45) is -0.226. The van der Waals surface area contributed by atoms with E-state index < -0.39 is 5.41 Å².